The maximum Gasteiger partial charge on any atom is 0.308 e. The summed E-state index contributed by atoms with van der Waals surface area (Å²) in [6, 6.07) is 9.21. The maximum absolute atomic E-state index is 11.0. The summed E-state index contributed by atoms with van der Waals surface area (Å²) in [5, 5.41) is 10.7. The highest BCUT2D eigenvalue weighted by Crippen LogP contribution is 2.29. The van der Waals surface area contributed by atoms with E-state index in [1.54, 1.807) is 24.3 Å². The molecule has 0 amide bonds. The minimum Gasteiger partial charge on any atom is -0.424 e. The van der Waals surface area contributed by atoms with Gasteiger partial charge in [0.1, 0.15) is 5.69 Å². The van der Waals surface area contributed by atoms with Gasteiger partial charge in [-0.15, -0.1) is 0 Å². The zero-order chi connectivity index (χ0) is 13.8. The largest absolute Gasteiger partial charge is 0.424 e. The Hall–Kier alpha value is -2.76. The normalized spacial score (nSPS) is 9.95. The smallest absolute Gasteiger partial charge is 0.308 e. The van der Waals surface area contributed by atoms with Crippen LogP contribution in [0.25, 0.3) is 11.3 Å². The quantitative estimate of drug-likeness (QED) is 0.480. The number of ether oxygens (including phenoxy) is 1. The molecule has 2 aromatic rings. The standard InChI is InChI=1S/C13H10N2O4/c1-9(16)19-12-6-3-7-14-13(12)10-4-2-5-11(8-10)15(17)18/h2-8H,1H3. The number of hydrogen-bond donors (Lipinski definition) is 0. The van der Waals surface area contributed by atoms with Crippen LogP contribution in [0.15, 0.2) is 42.6 Å². The molecule has 0 spiro atoms. The summed E-state index contributed by atoms with van der Waals surface area (Å²) >= 11 is 0. The fraction of sp³-hybridized carbons (Fsp3) is 0.0769. The molecule has 0 unspecified atom stereocenters. The molecule has 0 N–H and O–H groups in total. The van der Waals surface area contributed by atoms with Crippen LogP contribution in [0.3, 0.4) is 0 Å². The van der Waals surface area contributed by atoms with Crippen LogP contribution in [0, 0.1) is 10.1 Å². The second-order valence-electron chi connectivity index (χ2n) is 3.75. The average molecular weight is 258 g/mol. The Morgan fingerprint density at radius 1 is 1.32 bits per heavy atom. The van der Waals surface area contributed by atoms with Crippen LogP contribution in [0.1, 0.15) is 6.92 Å². The topological polar surface area (TPSA) is 82.3 Å². The summed E-state index contributed by atoms with van der Waals surface area (Å²) in [6.45, 7) is 1.28. The van der Waals surface area contributed by atoms with Crippen LogP contribution in [-0.4, -0.2) is 15.9 Å². The van der Waals surface area contributed by atoms with Crippen molar-refractivity contribution in [2.45, 2.75) is 6.92 Å². The molecule has 0 aliphatic carbocycles. The zero-order valence-electron chi connectivity index (χ0n) is 10.1. The van der Waals surface area contributed by atoms with E-state index in [2.05, 4.69) is 4.98 Å². The molecule has 96 valence electrons. The molecule has 0 atom stereocenters. The molecule has 0 saturated carbocycles. The van der Waals surface area contributed by atoms with Crippen molar-refractivity contribution in [1.82, 2.24) is 4.98 Å². The lowest BCUT2D eigenvalue weighted by Crippen LogP contribution is -2.03. The average Bonchev–Trinajstić information content (AvgIpc) is 2.39. The van der Waals surface area contributed by atoms with Crippen molar-refractivity contribution < 1.29 is 14.5 Å². The molecule has 2 rings (SSSR count). The molecule has 0 fully saturated rings. The van der Waals surface area contributed by atoms with Crippen molar-refractivity contribution in [3.05, 3.63) is 52.7 Å². The van der Waals surface area contributed by atoms with E-state index in [0.717, 1.165) is 0 Å². The lowest BCUT2D eigenvalue weighted by atomic mass is 10.1. The van der Waals surface area contributed by atoms with Crippen LogP contribution in [0.5, 0.6) is 5.75 Å². The Morgan fingerprint density at radius 2 is 2.11 bits per heavy atom. The van der Waals surface area contributed by atoms with Crippen molar-refractivity contribution in [2.24, 2.45) is 0 Å². The molecule has 0 saturated heterocycles. The number of esters is 1. The van der Waals surface area contributed by atoms with Gasteiger partial charge in [-0.05, 0) is 12.1 Å². The van der Waals surface area contributed by atoms with Gasteiger partial charge >= 0.3 is 5.97 Å². The summed E-state index contributed by atoms with van der Waals surface area (Å²) in [5.74, 6) is -0.199. The number of benzene rings is 1. The van der Waals surface area contributed by atoms with Crippen molar-refractivity contribution >= 4 is 11.7 Å². The van der Waals surface area contributed by atoms with Crippen LogP contribution >= 0.6 is 0 Å². The number of rotatable bonds is 3. The molecule has 1 aromatic heterocycles. The highest BCUT2D eigenvalue weighted by molar-refractivity contribution is 5.75. The van der Waals surface area contributed by atoms with Crippen LogP contribution < -0.4 is 4.74 Å². The number of non-ortho nitro benzene ring substituents is 1. The maximum atomic E-state index is 11.0. The van der Waals surface area contributed by atoms with Gasteiger partial charge in [0.25, 0.3) is 5.69 Å². The Bertz CT molecular complexity index is 640. The fourth-order valence-electron chi connectivity index (χ4n) is 1.61. The lowest BCUT2D eigenvalue weighted by molar-refractivity contribution is -0.384. The first-order valence-electron chi connectivity index (χ1n) is 5.46. The summed E-state index contributed by atoms with van der Waals surface area (Å²) in [6.07, 6.45) is 1.53. The highest BCUT2D eigenvalue weighted by Gasteiger charge is 2.13. The first kappa shape index (κ1) is 12.7. The van der Waals surface area contributed by atoms with Crippen molar-refractivity contribution in [2.75, 3.05) is 0 Å². The van der Waals surface area contributed by atoms with E-state index in [4.69, 9.17) is 4.74 Å². The van der Waals surface area contributed by atoms with E-state index in [9.17, 15) is 14.9 Å². The van der Waals surface area contributed by atoms with Gasteiger partial charge in [0.2, 0.25) is 0 Å². The monoisotopic (exact) mass is 258 g/mol. The first-order chi connectivity index (χ1) is 9.08. The Kier molecular flexibility index (Phi) is 3.51. The van der Waals surface area contributed by atoms with Gasteiger partial charge in [-0.25, -0.2) is 0 Å². The fourth-order valence-corrected chi connectivity index (χ4v) is 1.61. The number of carbonyl (C=O) groups is 1. The first-order valence-corrected chi connectivity index (χ1v) is 5.46. The molecule has 0 bridgehead atoms. The van der Waals surface area contributed by atoms with Crippen LogP contribution in [0.2, 0.25) is 0 Å². The van der Waals surface area contributed by atoms with E-state index >= 15 is 0 Å². The number of hydrogen-bond acceptors (Lipinski definition) is 5. The van der Waals surface area contributed by atoms with Gasteiger partial charge in [0.15, 0.2) is 5.75 Å². The number of nitrogens with zero attached hydrogens (tertiary/aromatic N) is 2. The number of nitro benzene ring substituents is 1. The molecular weight excluding hydrogens is 248 g/mol. The van der Waals surface area contributed by atoms with Crippen molar-refractivity contribution in [3.63, 3.8) is 0 Å². The molecule has 0 aliphatic heterocycles. The van der Waals surface area contributed by atoms with E-state index in [1.165, 1.54) is 25.3 Å². The third kappa shape index (κ3) is 2.92. The van der Waals surface area contributed by atoms with Gasteiger partial charge in [0.05, 0.1) is 4.92 Å². The van der Waals surface area contributed by atoms with E-state index in [0.29, 0.717) is 11.3 Å². The number of carbonyl (C=O) groups excluding carboxylic acids is 1. The molecular formula is C13H10N2O4. The zero-order valence-corrected chi connectivity index (χ0v) is 10.1. The van der Waals surface area contributed by atoms with Gasteiger partial charge in [-0.1, -0.05) is 12.1 Å². The van der Waals surface area contributed by atoms with Crippen molar-refractivity contribution in [3.8, 4) is 17.0 Å². The number of pyridine rings is 1. The molecule has 1 heterocycles. The third-order valence-electron chi connectivity index (χ3n) is 2.35. The minimum absolute atomic E-state index is 0.0445. The van der Waals surface area contributed by atoms with Crippen molar-refractivity contribution in [1.29, 1.82) is 0 Å². The lowest BCUT2D eigenvalue weighted by Gasteiger charge is -2.07. The second-order valence-corrected chi connectivity index (χ2v) is 3.75. The molecule has 1 aromatic carbocycles. The predicted octanol–water partition coefficient (Wildman–Crippen LogP) is 2.58. The van der Waals surface area contributed by atoms with Gasteiger partial charge in [0, 0.05) is 30.8 Å². The summed E-state index contributed by atoms with van der Waals surface area (Å²) in [4.78, 5) is 25.4. The highest BCUT2D eigenvalue weighted by atomic mass is 16.6. The van der Waals surface area contributed by atoms with Gasteiger partial charge in [-0.2, -0.15) is 0 Å². The number of nitro groups is 1. The molecule has 0 aliphatic rings. The third-order valence-corrected chi connectivity index (χ3v) is 2.35. The minimum atomic E-state index is -0.488. The molecule has 6 nitrogen and oxygen atoms in total. The SMILES string of the molecule is CC(=O)Oc1cccnc1-c1cccc([N+](=O)[O-])c1. The van der Waals surface area contributed by atoms with Crippen LogP contribution in [0.4, 0.5) is 5.69 Å². The Morgan fingerprint density at radius 3 is 2.79 bits per heavy atom. The summed E-state index contributed by atoms with van der Waals surface area (Å²) in [5.41, 5.74) is 0.865. The van der Waals surface area contributed by atoms with E-state index < -0.39 is 10.9 Å². The number of aromatic nitrogens is 1. The van der Waals surface area contributed by atoms with Gasteiger partial charge < -0.3 is 4.74 Å². The summed E-state index contributed by atoms with van der Waals surface area (Å²) < 4.78 is 5.03. The molecule has 19 heavy (non-hydrogen) atoms. The molecule has 6 heteroatoms. The Balaban J connectivity index is 2.49. The summed E-state index contributed by atoms with van der Waals surface area (Å²) in [7, 11) is 0. The predicted molar refractivity (Wildman–Crippen MR) is 67.6 cm³/mol. The second kappa shape index (κ2) is 5.26. The van der Waals surface area contributed by atoms with Gasteiger partial charge in [-0.3, -0.25) is 19.9 Å². The van der Waals surface area contributed by atoms with E-state index in [-0.39, 0.29) is 11.4 Å². The van der Waals surface area contributed by atoms with Crippen LogP contribution in [-0.2, 0) is 4.79 Å². The van der Waals surface area contributed by atoms with E-state index in [1.807, 2.05) is 0 Å². The Labute approximate surface area is 108 Å². The molecule has 0 radical (unpaired) electrons.